The third-order valence-corrected chi connectivity index (χ3v) is 4.83. The van der Waals surface area contributed by atoms with Gasteiger partial charge in [0, 0.05) is 19.4 Å². The van der Waals surface area contributed by atoms with Crippen molar-refractivity contribution >= 4 is 11.9 Å². The van der Waals surface area contributed by atoms with E-state index in [1.165, 1.54) is 13.0 Å². The van der Waals surface area contributed by atoms with Crippen molar-refractivity contribution in [3.8, 4) is 11.5 Å². The van der Waals surface area contributed by atoms with E-state index in [0.717, 1.165) is 57.4 Å². The largest absolute Gasteiger partial charge is 0.508 e. The van der Waals surface area contributed by atoms with E-state index >= 15 is 0 Å². The number of ether oxygens (including phenoxy) is 1. The molecule has 0 amide bonds. The van der Waals surface area contributed by atoms with Gasteiger partial charge in [0.1, 0.15) is 23.2 Å². The van der Waals surface area contributed by atoms with Crippen LogP contribution in [0.15, 0.2) is 12.1 Å². The Labute approximate surface area is 172 Å². The number of carbonyl (C=O) groups excluding carboxylic acids is 1. The van der Waals surface area contributed by atoms with E-state index in [9.17, 15) is 30.0 Å². The molecule has 0 bridgehead atoms. The lowest BCUT2D eigenvalue weighted by atomic mass is 9.97. The Morgan fingerprint density at radius 3 is 2.03 bits per heavy atom. The number of rotatable bonds is 14. The third-order valence-electron chi connectivity index (χ3n) is 4.83. The van der Waals surface area contributed by atoms with Crippen LogP contribution in [0, 0.1) is 0 Å². The van der Waals surface area contributed by atoms with Crippen LogP contribution in [0.5, 0.6) is 11.5 Å². The smallest absolute Gasteiger partial charge is 0.339 e. The van der Waals surface area contributed by atoms with Gasteiger partial charge in [0.2, 0.25) is 0 Å². The summed E-state index contributed by atoms with van der Waals surface area (Å²) in [6.07, 6.45) is 8.05. The van der Waals surface area contributed by atoms with Crippen molar-refractivity contribution in [1.29, 1.82) is 0 Å². The van der Waals surface area contributed by atoms with Gasteiger partial charge in [-0.2, -0.15) is 0 Å². The van der Waals surface area contributed by atoms with Crippen molar-refractivity contribution in [3.63, 3.8) is 0 Å². The summed E-state index contributed by atoms with van der Waals surface area (Å²) < 4.78 is 5.33. The summed E-state index contributed by atoms with van der Waals surface area (Å²) >= 11 is 0. The second-order valence-electron chi connectivity index (χ2n) is 7.64. The van der Waals surface area contributed by atoms with Crippen LogP contribution >= 0.6 is 0 Å². The van der Waals surface area contributed by atoms with Crippen LogP contribution in [0.25, 0.3) is 0 Å². The number of phenols is 2. The lowest BCUT2D eigenvalue weighted by molar-refractivity contribution is -0.146. The van der Waals surface area contributed by atoms with Crippen molar-refractivity contribution in [2.75, 3.05) is 0 Å². The molecule has 7 nitrogen and oxygen atoms in total. The van der Waals surface area contributed by atoms with Gasteiger partial charge in [-0.25, -0.2) is 4.79 Å². The van der Waals surface area contributed by atoms with Crippen LogP contribution in [-0.2, 0) is 16.0 Å². The van der Waals surface area contributed by atoms with Crippen LogP contribution in [0.1, 0.15) is 87.6 Å². The number of esters is 1. The quantitative estimate of drug-likeness (QED) is 0.268. The molecule has 0 fully saturated rings. The molecule has 0 saturated carbocycles. The van der Waals surface area contributed by atoms with Gasteiger partial charge in [0.25, 0.3) is 0 Å². The zero-order valence-electron chi connectivity index (χ0n) is 17.4. The van der Waals surface area contributed by atoms with Crippen molar-refractivity contribution in [2.45, 2.75) is 90.3 Å². The number of benzene rings is 1. The zero-order valence-corrected chi connectivity index (χ0v) is 17.4. The van der Waals surface area contributed by atoms with Crippen molar-refractivity contribution in [3.05, 3.63) is 23.3 Å². The first-order valence-electron chi connectivity index (χ1n) is 10.3. The SMILES string of the molecule is CC(=O)O[C@H](CCCCCCCCC[C@@H](C)O)Cc1cc(O)cc(O)c1C(=O)O. The Bertz CT molecular complexity index is 655. The van der Waals surface area contributed by atoms with E-state index in [2.05, 4.69) is 0 Å². The standard InChI is InChI=1S/C22H34O7/c1-15(23)10-8-6-4-3-5-7-9-11-19(29-16(2)24)13-17-12-18(25)14-20(26)21(17)22(27)28/h12,14-15,19,23,25-26H,3-11,13H2,1-2H3,(H,27,28)/t15-,19-/m1/s1. The maximum absolute atomic E-state index is 11.4. The number of carboxylic acid groups (broad SMARTS) is 1. The Morgan fingerprint density at radius 1 is 0.966 bits per heavy atom. The summed E-state index contributed by atoms with van der Waals surface area (Å²) in [5.74, 6) is -2.49. The average Bonchev–Trinajstić information content (AvgIpc) is 2.58. The molecule has 2 atom stereocenters. The highest BCUT2D eigenvalue weighted by Crippen LogP contribution is 2.29. The van der Waals surface area contributed by atoms with Gasteiger partial charge in [-0.3, -0.25) is 4.79 Å². The van der Waals surface area contributed by atoms with Crippen LogP contribution < -0.4 is 0 Å². The van der Waals surface area contributed by atoms with E-state index in [4.69, 9.17) is 4.74 Å². The lowest BCUT2D eigenvalue weighted by Gasteiger charge is -2.19. The van der Waals surface area contributed by atoms with Gasteiger partial charge < -0.3 is 25.2 Å². The third kappa shape index (κ3) is 10.2. The lowest BCUT2D eigenvalue weighted by Crippen LogP contribution is -2.20. The van der Waals surface area contributed by atoms with E-state index in [-0.39, 0.29) is 29.4 Å². The molecule has 0 aliphatic rings. The van der Waals surface area contributed by atoms with Crippen LogP contribution in [-0.4, -0.2) is 44.6 Å². The summed E-state index contributed by atoms with van der Waals surface area (Å²) in [5, 5.41) is 38.1. The second kappa shape index (κ2) is 13.0. The maximum atomic E-state index is 11.4. The molecule has 164 valence electrons. The van der Waals surface area contributed by atoms with Crippen molar-refractivity contribution in [1.82, 2.24) is 0 Å². The Balaban J connectivity index is 2.51. The maximum Gasteiger partial charge on any atom is 0.339 e. The fraction of sp³-hybridized carbons (Fsp3) is 0.636. The van der Waals surface area contributed by atoms with E-state index in [1.54, 1.807) is 6.92 Å². The Morgan fingerprint density at radius 2 is 1.52 bits per heavy atom. The van der Waals surface area contributed by atoms with E-state index in [0.29, 0.717) is 6.42 Å². The van der Waals surface area contributed by atoms with Crippen molar-refractivity contribution < 1.29 is 34.8 Å². The summed E-state index contributed by atoms with van der Waals surface area (Å²) in [6, 6.07) is 2.27. The number of carbonyl (C=O) groups is 2. The molecular weight excluding hydrogens is 376 g/mol. The number of carboxylic acids is 1. The Kier molecular flexibility index (Phi) is 11.1. The number of phenolic OH excluding ortho intramolecular Hbond substituents is 1. The molecule has 0 saturated heterocycles. The Hall–Kier alpha value is -2.28. The molecular formula is C22H34O7. The number of hydrogen-bond donors (Lipinski definition) is 4. The average molecular weight is 411 g/mol. The van der Waals surface area contributed by atoms with Gasteiger partial charge in [-0.15, -0.1) is 0 Å². The van der Waals surface area contributed by atoms with Gasteiger partial charge in [-0.05, 0) is 37.8 Å². The summed E-state index contributed by atoms with van der Waals surface area (Å²) in [5.41, 5.74) is -0.0449. The molecule has 1 aromatic carbocycles. The first kappa shape index (κ1) is 24.8. The van der Waals surface area contributed by atoms with Gasteiger partial charge in [-0.1, -0.05) is 38.5 Å². The van der Waals surface area contributed by atoms with E-state index in [1.807, 2.05) is 0 Å². The molecule has 7 heteroatoms. The first-order chi connectivity index (χ1) is 13.7. The highest BCUT2D eigenvalue weighted by Gasteiger charge is 2.21. The molecule has 1 aromatic rings. The predicted molar refractivity (Wildman–Crippen MR) is 109 cm³/mol. The topological polar surface area (TPSA) is 124 Å². The minimum absolute atomic E-state index is 0.114. The summed E-state index contributed by atoms with van der Waals surface area (Å²) in [6.45, 7) is 3.11. The normalized spacial score (nSPS) is 13.1. The number of unbranched alkanes of at least 4 members (excludes halogenated alkanes) is 6. The van der Waals surface area contributed by atoms with Crippen LogP contribution in [0.2, 0.25) is 0 Å². The molecule has 4 N–H and O–H groups in total. The first-order valence-corrected chi connectivity index (χ1v) is 10.3. The number of aliphatic hydroxyl groups excluding tert-OH is 1. The molecule has 0 unspecified atom stereocenters. The fourth-order valence-corrected chi connectivity index (χ4v) is 3.46. The van der Waals surface area contributed by atoms with Crippen LogP contribution in [0.3, 0.4) is 0 Å². The minimum Gasteiger partial charge on any atom is -0.508 e. The molecule has 0 heterocycles. The number of aliphatic hydroxyl groups is 1. The van der Waals surface area contributed by atoms with Gasteiger partial charge >= 0.3 is 11.9 Å². The summed E-state index contributed by atoms with van der Waals surface area (Å²) in [7, 11) is 0. The highest BCUT2D eigenvalue weighted by atomic mass is 16.5. The van der Waals surface area contributed by atoms with Crippen LogP contribution in [0.4, 0.5) is 0 Å². The monoisotopic (exact) mass is 410 g/mol. The van der Waals surface area contributed by atoms with Gasteiger partial charge in [0.05, 0.1) is 6.10 Å². The molecule has 0 spiro atoms. The molecule has 0 aromatic heterocycles. The predicted octanol–water partition coefficient (Wildman–Crippen LogP) is 4.16. The van der Waals surface area contributed by atoms with Crippen molar-refractivity contribution in [2.24, 2.45) is 0 Å². The minimum atomic E-state index is -1.30. The molecule has 0 aliphatic carbocycles. The summed E-state index contributed by atoms with van der Waals surface area (Å²) in [4.78, 5) is 22.9. The number of aromatic hydroxyl groups is 2. The number of hydrogen-bond acceptors (Lipinski definition) is 6. The molecule has 0 radical (unpaired) electrons. The van der Waals surface area contributed by atoms with E-state index < -0.39 is 23.8 Å². The fourth-order valence-electron chi connectivity index (χ4n) is 3.46. The van der Waals surface area contributed by atoms with Gasteiger partial charge in [0.15, 0.2) is 0 Å². The molecule has 0 aliphatic heterocycles. The number of aromatic carboxylic acids is 1. The zero-order chi connectivity index (χ0) is 21.8. The molecule has 29 heavy (non-hydrogen) atoms. The highest BCUT2D eigenvalue weighted by molar-refractivity contribution is 5.93. The molecule has 1 rings (SSSR count). The second-order valence-corrected chi connectivity index (χ2v) is 7.64.